The molecule has 196 valence electrons. The zero-order chi connectivity index (χ0) is 27.1. The molecule has 0 aliphatic carbocycles. The van der Waals surface area contributed by atoms with Gasteiger partial charge in [0.2, 0.25) is 0 Å². The summed E-state index contributed by atoms with van der Waals surface area (Å²) >= 11 is 5.89. The van der Waals surface area contributed by atoms with Crippen molar-refractivity contribution in [2.75, 3.05) is 0 Å². The van der Waals surface area contributed by atoms with E-state index in [1.165, 1.54) is 37.4 Å². The van der Waals surface area contributed by atoms with Crippen LogP contribution < -0.4 is 5.69 Å². The van der Waals surface area contributed by atoms with Gasteiger partial charge in [-0.15, -0.1) is 5.10 Å². The molecule has 2 aromatic carbocycles. The molecular formula is C23H19ClF5N5O3. The molecule has 2 aromatic heterocycles. The maximum atomic E-state index is 14.4. The summed E-state index contributed by atoms with van der Waals surface area (Å²) in [5, 5.41) is 24.1. The summed E-state index contributed by atoms with van der Waals surface area (Å²) in [7, 11) is 0. The number of aliphatic hydroxyl groups excluding tert-OH is 2. The topological polar surface area (TPSA) is 98.1 Å². The van der Waals surface area contributed by atoms with E-state index in [1.807, 2.05) is 0 Å². The second-order valence-electron chi connectivity index (χ2n) is 8.14. The number of rotatable bonds is 7. The fourth-order valence-electron chi connectivity index (χ4n) is 3.66. The van der Waals surface area contributed by atoms with Gasteiger partial charge in [0.05, 0.1) is 18.8 Å². The molecule has 2 atom stereocenters. The van der Waals surface area contributed by atoms with Gasteiger partial charge in [-0.2, -0.15) is 13.2 Å². The van der Waals surface area contributed by atoms with Crippen LogP contribution in [-0.4, -0.2) is 46.4 Å². The van der Waals surface area contributed by atoms with E-state index in [9.17, 15) is 37.0 Å². The van der Waals surface area contributed by atoms with Crippen LogP contribution in [0.25, 0.3) is 16.9 Å². The van der Waals surface area contributed by atoms with Crippen LogP contribution in [0.15, 0.2) is 53.5 Å². The molecule has 0 aliphatic rings. The molecule has 2 heterocycles. The van der Waals surface area contributed by atoms with E-state index in [-0.39, 0.29) is 17.3 Å². The van der Waals surface area contributed by atoms with E-state index in [0.29, 0.717) is 10.6 Å². The fraction of sp³-hybridized carbons (Fsp3) is 0.261. The third-order valence-electron chi connectivity index (χ3n) is 5.43. The van der Waals surface area contributed by atoms with Gasteiger partial charge in [0.25, 0.3) is 0 Å². The van der Waals surface area contributed by atoms with Crippen LogP contribution in [0.1, 0.15) is 24.7 Å². The van der Waals surface area contributed by atoms with Crippen molar-refractivity contribution >= 4 is 11.6 Å². The zero-order valence-electron chi connectivity index (χ0n) is 19.0. The maximum Gasteiger partial charge on any atom is 0.416 e. The summed E-state index contributed by atoms with van der Waals surface area (Å²) in [6.07, 6.45) is -7.88. The summed E-state index contributed by atoms with van der Waals surface area (Å²) < 4.78 is 70.4. The molecule has 4 aromatic rings. The van der Waals surface area contributed by atoms with Gasteiger partial charge in [-0.1, -0.05) is 29.8 Å². The minimum absolute atomic E-state index is 0.0419. The average Bonchev–Trinajstić information content (AvgIpc) is 3.36. The van der Waals surface area contributed by atoms with E-state index < -0.39 is 54.5 Å². The number of halogens is 6. The Bertz CT molecular complexity index is 1460. The standard InChI is InChI=1S/C23H19ClF5N5O3/c1-12(35)21-30-19(31-34(21)20-15(25)3-2-4-16(20)26)11-32-9-17(13-5-7-14(24)8-6-13)33(22(32)37)10-18(36)23(27,28)29/h2-9,12,18,35-36H,10-11H2,1H3. The van der Waals surface area contributed by atoms with Crippen molar-refractivity contribution < 1.29 is 32.2 Å². The van der Waals surface area contributed by atoms with Crippen molar-refractivity contribution in [3.05, 3.63) is 87.5 Å². The van der Waals surface area contributed by atoms with Crippen LogP contribution >= 0.6 is 11.6 Å². The van der Waals surface area contributed by atoms with Crippen molar-refractivity contribution in [3.8, 4) is 16.9 Å². The monoisotopic (exact) mass is 543 g/mol. The van der Waals surface area contributed by atoms with Crippen molar-refractivity contribution in [1.82, 2.24) is 23.9 Å². The third kappa shape index (κ3) is 5.43. The summed E-state index contributed by atoms with van der Waals surface area (Å²) in [6.45, 7) is -0.214. The molecule has 0 saturated carbocycles. The number of alkyl halides is 3. The Kier molecular flexibility index (Phi) is 7.22. The molecule has 0 spiro atoms. The smallest absolute Gasteiger partial charge is 0.385 e. The quantitative estimate of drug-likeness (QED) is 0.345. The molecule has 0 aliphatic heterocycles. The Morgan fingerprint density at radius 1 is 1.05 bits per heavy atom. The van der Waals surface area contributed by atoms with Crippen molar-refractivity contribution in [1.29, 1.82) is 0 Å². The SMILES string of the molecule is CC(O)c1nc(Cn2cc(-c3ccc(Cl)cc3)n(CC(O)C(F)(F)F)c2=O)nn1-c1c(F)cccc1F. The summed E-state index contributed by atoms with van der Waals surface area (Å²) in [4.78, 5) is 17.2. The lowest BCUT2D eigenvalue weighted by molar-refractivity contribution is -0.207. The van der Waals surface area contributed by atoms with Crippen LogP contribution in [0.4, 0.5) is 22.0 Å². The Labute approximate surface area is 210 Å². The molecule has 14 heteroatoms. The molecule has 8 nitrogen and oxygen atoms in total. The van der Waals surface area contributed by atoms with E-state index in [0.717, 1.165) is 32.0 Å². The Hall–Kier alpha value is -3.55. The molecule has 2 N–H and O–H groups in total. The van der Waals surface area contributed by atoms with Gasteiger partial charge >= 0.3 is 11.9 Å². The van der Waals surface area contributed by atoms with Crippen molar-refractivity contribution in [2.45, 2.75) is 38.4 Å². The number of imidazole rings is 1. The van der Waals surface area contributed by atoms with E-state index in [4.69, 9.17) is 11.6 Å². The molecule has 37 heavy (non-hydrogen) atoms. The van der Waals surface area contributed by atoms with Gasteiger partial charge in [0.15, 0.2) is 29.4 Å². The van der Waals surface area contributed by atoms with Crippen LogP contribution in [-0.2, 0) is 13.1 Å². The van der Waals surface area contributed by atoms with Crippen LogP contribution in [0.2, 0.25) is 5.02 Å². The summed E-state index contributed by atoms with van der Waals surface area (Å²) in [6, 6.07) is 9.04. The highest BCUT2D eigenvalue weighted by Gasteiger charge is 2.39. The molecule has 0 bridgehead atoms. The average molecular weight is 544 g/mol. The van der Waals surface area contributed by atoms with E-state index in [1.54, 1.807) is 0 Å². The first-order chi connectivity index (χ1) is 17.4. The lowest BCUT2D eigenvalue weighted by atomic mass is 10.1. The first-order valence-corrected chi connectivity index (χ1v) is 11.1. The Balaban J connectivity index is 1.79. The van der Waals surface area contributed by atoms with Crippen molar-refractivity contribution in [2.24, 2.45) is 0 Å². The molecular weight excluding hydrogens is 525 g/mol. The highest BCUT2D eigenvalue weighted by Crippen LogP contribution is 2.26. The Morgan fingerprint density at radius 3 is 2.24 bits per heavy atom. The second-order valence-corrected chi connectivity index (χ2v) is 8.58. The molecule has 2 unspecified atom stereocenters. The third-order valence-corrected chi connectivity index (χ3v) is 5.68. The molecule has 0 amide bonds. The molecule has 0 fully saturated rings. The predicted octanol–water partition coefficient (Wildman–Crippen LogP) is 3.85. The van der Waals surface area contributed by atoms with Crippen LogP contribution in [0.3, 0.4) is 0 Å². The fourth-order valence-corrected chi connectivity index (χ4v) is 3.79. The van der Waals surface area contributed by atoms with Crippen LogP contribution in [0, 0.1) is 11.6 Å². The lowest BCUT2D eigenvalue weighted by Crippen LogP contribution is -2.37. The van der Waals surface area contributed by atoms with Gasteiger partial charge in [-0.3, -0.25) is 9.13 Å². The van der Waals surface area contributed by atoms with Gasteiger partial charge in [0, 0.05) is 11.2 Å². The van der Waals surface area contributed by atoms with Crippen molar-refractivity contribution in [3.63, 3.8) is 0 Å². The van der Waals surface area contributed by atoms with Gasteiger partial charge in [0.1, 0.15) is 11.8 Å². The first kappa shape index (κ1) is 26.5. The van der Waals surface area contributed by atoms with Gasteiger partial charge in [-0.25, -0.2) is 23.2 Å². The van der Waals surface area contributed by atoms with Gasteiger partial charge < -0.3 is 10.2 Å². The van der Waals surface area contributed by atoms with E-state index in [2.05, 4.69) is 10.1 Å². The number of para-hydroxylation sites is 1. The molecule has 4 rings (SSSR count). The summed E-state index contributed by atoms with van der Waals surface area (Å²) in [5.74, 6) is -2.34. The van der Waals surface area contributed by atoms with Gasteiger partial charge in [-0.05, 0) is 36.8 Å². The maximum absolute atomic E-state index is 14.4. The number of hydrogen-bond acceptors (Lipinski definition) is 5. The van der Waals surface area contributed by atoms with E-state index >= 15 is 0 Å². The number of aliphatic hydroxyl groups is 2. The highest BCUT2D eigenvalue weighted by atomic mass is 35.5. The predicted molar refractivity (Wildman–Crippen MR) is 122 cm³/mol. The highest BCUT2D eigenvalue weighted by molar-refractivity contribution is 6.30. The minimum Gasteiger partial charge on any atom is -0.385 e. The number of benzene rings is 2. The molecule has 0 saturated heterocycles. The second kappa shape index (κ2) is 10.1. The summed E-state index contributed by atoms with van der Waals surface area (Å²) in [5.41, 5.74) is -1.15. The van der Waals surface area contributed by atoms with Crippen LogP contribution in [0.5, 0.6) is 0 Å². The normalized spacial score (nSPS) is 13.6. The lowest BCUT2D eigenvalue weighted by Gasteiger charge is -2.16. The zero-order valence-corrected chi connectivity index (χ0v) is 19.8. The largest absolute Gasteiger partial charge is 0.416 e. The number of hydrogen-bond donors (Lipinski definition) is 2. The first-order valence-electron chi connectivity index (χ1n) is 10.8. The minimum atomic E-state index is -4.98. The number of aromatic nitrogens is 5. The number of nitrogens with zero attached hydrogens (tertiary/aromatic N) is 5. The molecule has 0 radical (unpaired) electrons. The Morgan fingerprint density at radius 2 is 1.68 bits per heavy atom.